The van der Waals surface area contributed by atoms with Gasteiger partial charge in [0.1, 0.15) is 6.04 Å². The van der Waals surface area contributed by atoms with Crippen LogP contribution in [-0.2, 0) is 4.79 Å². The van der Waals surface area contributed by atoms with E-state index in [1.54, 1.807) is 6.92 Å². The highest BCUT2D eigenvalue weighted by atomic mass is 19.1. The standard InChI is InChI=1S/C10H18FNO2/c1-8(9(13)14)12-5-3-10(2,7-11)4-6-12/h8H,3-7H2,1-2H3,(H,13,14). The van der Waals surface area contributed by atoms with Gasteiger partial charge >= 0.3 is 5.97 Å². The zero-order chi connectivity index (χ0) is 10.8. The van der Waals surface area contributed by atoms with Crippen LogP contribution in [0, 0.1) is 5.41 Å². The molecule has 0 bridgehead atoms. The molecule has 0 aromatic heterocycles. The molecule has 0 aliphatic carbocycles. The summed E-state index contributed by atoms with van der Waals surface area (Å²) in [6.07, 6.45) is 1.50. The molecule has 1 aliphatic rings. The highest BCUT2D eigenvalue weighted by Gasteiger charge is 2.33. The molecule has 1 N–H and O–H groups in total. The van der Waals surface area contributed by atoms with Crippen molar-refractivity contribution in [1.29, 1.82) is 0 Å². The van der Waals surface area contributed by atoms with Crippen LogP contribution in [0.2, 0.25) is 0 Å². The van der Waals surface area contributed by atoms with Crippen molar-refractivity contribution in [2.45, 2.75) is 32.7 Å². The fourth-order valence-electron chi connectivity index (χ4n) is 1.74. The van der Waals surface area contributed by atoms with E-state index in [0.717, 1.165) is 12.8 Å². The van der Waals surface area contributed by atoms with Gasteiger partial charge in [-0.3, -0.25) is 14.1 Å². The number of carboxylic acids is 1. The van der Waals surface area contributed by atoms with Gasteiger partial charge in [0, 0.05) is 0 Å². The summed E-state index contributed by atoms with van der Waals surface area (Å²) in [4.78, 5) is 12.6. The predicted molar refractivity (Wildman–Crippen MR) is 52.0 cm³/mol. The third-order valence-electron chi connectivity index (χ3n) is 3.23. The Labute approximate surface area is 83.9 Å². The molecule has 0 aromatic rings. The first-order valence-electron chi connectivity index (χ1n) is 5.01. The summed E-state index contributed by atoms with van der Waals surface area (Å²) < 4.78 is 12.6. The van der Waals surface area contributed by atoms with Crippen LogP contribution in [-0.4, -0.2) is 41.8 Å². The van der Waals surface area contributed by atoms with Crippen LogP contribution in [0.25, 0.3) is 0 Å². The maximum Gasteiger partial charge on any atom is 0.320 e. The van der Waals surface area contributed by atoms with Gasteiger partial charge < -0.3 is 5.11 Å². The van der Waals surface area contributed by atoms with Crippen molar-refractivity contribution in [3.63, 3.8) is 0 Å². The summed E-state index contributed by atoms with van der Waals surface area (Å²) >= 11 is 0. The molecule has 1 rings (SSSR count). The van der Waals surface area contributed by atoms with Crippen molar-refractivity contribution in [3.8, 4) is 0 Å². The third kappa shape index (κ3) is 2.44. The van der Waals surface area contributed by atoms with E-state index in [1.165, 1.54) is 0 Å². The van der Waals surface area contributed by atoms with Crippen LogP contribution in [0.4, 0.5) is 4.39 Å². The van der Waals surface area contributed by atoms with E-state index in [0.29, 0.717) is 13.1 Å². The number of carboxylic acid groups (broad SMARTS) is 1. The normalized spacial score (nSPS) is 24.5. The fraction of sp³-hybridized carbons (Fsp3) is 0.900. The average molecular weight is 203 g/mol. The molecule has 82 valence electrons. The molecule has 0 amide bonds. The van der Waals surface area contributed by atoms with Crippen LogP contribution in [0.5, 0.6) is 0 Å². The minimum atomic E-state index is -0.797. The van der Waals surface area contributed by atoms with Crippen molar-refractivity contribution in [1.82, 2.24) is 4.90 Å². The highest BCUT2D eigenvalue weighted by molar-refractivity contribution is 5.72. The van der Waals surface area contributed by atoms with Gasteiger partial charge in [-0.25, -0.2) is 0 Å². The lowest BCUT2D eigenvalue weighted by Crippen LogP contribution is -2.46. The van der Waals surface area contributed by atoms with Gasteiger partial charge in [-0.05, 0) is 38.3 Å². The van der Waals surface area contributed by atoms with E-state index in [-0.39, 0.29) is 12.1 Å². The molecular formula is C10H18FNO2. The Bertz CT molecular complexity index is 212. The SMILES string of the molecule is CC(C(=O)O)N1CCC(C)(CF)CC1. The second-order valence-corrected chi connectivity index (χ2v) is 4.49. The van der Waals surface area contributed by atoms with Gasteiger partial charge in [0.05, 0.1) is 6.67 Å². The average Bonchev–Trinajstić information content (AvgIpc) is 2.18. The number of aliphatic carboxylic acids is 1. The molecule has 1 saturated heterocycles. The lowest BCUT2D eigenvalue weighted by Gasteiger charge is -2.39. The van der Waals surface area contributed by atoms with Gasteiger partial charge in [0.2, 0.25) is 0 Å². The Morgan fingerprint density at radius 2 is 2.07 bits per heavy atom. The number of nitrogens with zero attached hydrogens (tertiary/aromatic N) is 1. The maximum absolute atomic E-state index is 12.6. The molecule has 0 aromatic carbocycles. The van der Waals surface area contributed by atoms with Gasteiger partial charge in [-0.1, -0.05) is 6.92 Å². The molecule has 0 saturated carbocycles. The zero-order valence-corrected chi connectivity index (χ0v) is 8.79. The molecule has 1 aliphatic heterocycles. The van der Waals surface area contributed by atoms with Crippen molar-refractivity contribution in [2.24, 2.45) is 5.41 Å². The largest absolute Gasteiger partial charge is 0.480 e. The lowest BCUT2D eigenvalue weighted by atomic mass is 9.81. The Hall–Kier alpha value is -0.640. The predicted octanol–water partition coefficient (Wildman–Crippen LogP) is 1.53. The summed E-state index contributed by atoms with van der Waals surface area (Å²) in [5.74, 6) is -0.797. The Morgan fingerprint density at radius 3 is 2.43 bits per heavy atom. The minimum absolute atomic E-state index is 0.227. The molecule has 1 atom stereocenters. The summed E-state index contributed by atoms with van der Waals surface area (Å²) in [6, 6.07) is -0.445. The van der Waals surface area contributed by atoms with Crippen molar-refractivity contribution in [2.75, 3.05) is 19.8 Å². The number of alkyl halides is 1. The van der Waals surface area contributed by atoms with Gasteiger partial charge in [-0.15, -0.1) is 0 Å². The van der Waals surface area contributed by atoms with Crippen LogP contribution in [0.15, 0.2) is 0 Å². The van der Waals surface area contributed by atoms with Crippen LogP contribution < -0.4 is 0 Å². The smallest absolute Gasteiger partial charge is 0.320 e. The Kier molecular flexibility index (Phi) is 3.48. The monoisotopic (exact) mass is 203 g/mol. The number of carbonyl (C=O) groups is 1. The Balaban J connectivity index is 2.47. The van der Waals surface area contributed by atoms with E-state index in [2.05, 4.69) is 0 Å². The number of halogens is 1. The molecule has 14 heavy (non-hydrogen) atoms. The van der Waals surface area contributed by atoms with Crippen molar-refractivity contribution in [3.05, 3.63) is 0 Å². The van der Waals surface area contributed by atoms with Crippen molar-refractivity contribution >= 4 is 5.97 Å². The molecule has 0 spiro atoms. The van der Waals surface area contributed by atoms with Crippen LogP contribution >= 0.6 is 0 Å². The van der Waals surface area contributed by atoms with Crippen molar-refractivity contribution < 1.29 is 14.3 Å². The molecule has 4 heteroatoms. The number of hydrogen-bond donors (Lipinski definition) is 1. The highest BCUT2D eigenvalue weighted by Crippen LogP contribution is 2.31. The first kappa shape index (κ1) is 11.4. The van der Waals surface area contributed by atoms with Crippen LogP contribution in [0.3, 0.4) is 0 Å². The van der Waals surface area contributed by atoms with Gasteiger partial charge in [0.25, 0.3) is 0 Å². The molecule has 1 fully saturated rings. The quantitative estimate of drug-likeness (QED) is 0.756. The van der Waals surface area contributed by atoms with E-state index < -0.39 is 12.0 Å². The zero-order valence-electron chi connectivity index (χ0n) is 8.79. The van der Waals surface area contributed by atoms with Crippen LogP contribution in [0.1, 0.15) is 26.7 Å². The fourth-order valence-corrected chi connectivity index (χ4v) is 1.74. The van der Waals surface area contributed by atoms with Gasteiger partial charge in [0.15, 0.2) is 0 Å². The summed E-state index contributed by atoms with van der Waals surface area (Å²) in [6.45, 7) is 4.68. The number of hydrogen-bond acceptors (Lipinski definition) is 2. The number of rotatable bonds is 3. The molecule has 3 nitrogen and oxygen atoms in total. The molecule has 1 heterocycles. The third-order valence-corrected chi connectivity index (χ3v) is 3.23. The van der Waals surface area contributed by atoms with E-state index in [1.807, 2.05) is 11.8 Å². The maximum atomic E-state index is 12.6. The van der Waals surface area contributed by atoms with E-state index in [9.17, 15) is 9.18 Å². The number of piperidine rings is 1. The van der Waals surface area contributed by atoms with E-state index in [4.69, 9.17) is 5.11 Å². The molecule has 0 radical (unpaired) electrons. The topological polar surface area (TPSA) is 40.5 Å². The van der Waals surface area contributed by atoms with Gasteiger partial charge in [-0.2, -0.15) is 0 Å². The lowest BCUT2D eigenvalue weighted by molar-refractivity contribution is -0.143. The first-order valence-corrected chi connectivity index (χ1v) is 5.01. The van der Waals surface area contributed by atoms with E-state index >= 15 is 0 Å². The minimum Gasteiger partial charge on any atom is -0.480 e. The Morgan fingerprint density at radius 1 is 1.57 bits per heavy atom. The first-order chi connectivity index (χ1) is 6.48. The summed E-state index contributed by atoms with van der Waals surface area (Å²) in [5, 5.41) is 8.81. The summed E-state index contributed by atoms with van der Waals surface area (Å²) in [5.41, 5.74) is -0.227. The second kappa shape index (κ2) is 4.26. The summed E-state index contributed by atoms with van der Waals surface area (Å²) in [7, 11) is 0. The number of likely N-dealkylation sites (tertiary alicyclic amines) is 1. The molecule has 1 unspecified atom stereocenters. The molecular weight excluding hydrogens is 185 g/mol. The second-order valence-electron chi connectivity index (χ2n) is 4.49.